The van der Waals surface area contributed by atoms with E-state index in [-0.39, 0.29) is 6.04 Å². The summed E-state index contributed by atoms with van der Waals surface area (Å²) in [6.45, 7) is 6.48. The SMILES string of the molecule is CCCC(C)CC(N)c1cccc(C)n1. The molecule has 1 rings (SSSR count). The number of rotatable bonds is 5. The van der Waals surface area contributed by atoms with Crippen LogP contribution in [0.1, 0.15) is 50.5 Å². The van der Waals surface area contributed by atoms with Crippen LogP contribution in [0.2, 0.25) is 0 Å². The summed E-state index contributed by atoms with van der Waals surface area (Å²) < 4.78 is 0. The van der Waals surface area contributed by atoms with Crippen LogP contribution >= 0.6 is 0 Å². The lowest BCUT2D eigenvalue weighted by Crippen LogP contribution is -2.15. The molecule has 0 spiro atoms. The van der Waals surface area contributed by atoms with Gasteiger partial charge < -0.3 is 5.73 Å². The normalized spacial score (nSPS) is 14.9. The predicted octanol–water partition coefficient (Wildman–Crippen LogP) is 3.22. The Morgan fingerprint density at radius 2 is 2.13 bits per heavy atom. The van der Waals surface area contributed by atoms with E-state index in [2.05, 4.69) is 18.8 Å². The van der Waals surface area contributed by atoms with E-state index in [0.717, 1.165) is 17.8 Å². The van der Waals surface area contributed by atoms with Gasteiger partial charge in [-0.15, -0.1) is 0 Å². The third kappa shape index (κ3) is 4.00. The second kappa shape index (κ2) is 5.86. The predicted molar refractivity (Wildman–Crippen MR) is 64.6 cm³/mol. The fourth-order valence-electron chi connectivity index (χ4n) is 1.94. The summed E-state index contributed by atoms with van der Waals surface area (Å²) in [6.07, 6.45) is 3.51. The molecule has 0 aliphatic heterocycles. The van der Waals surface area contributed by atoms with Crippen molar-refractivity contribution < 1.29 is 0 Å². The van der Waals surface area contributed by atoms with Crippen LogP contribution in [0.5, 0.6) is 0 Å². The van der Waals surface area contributed by atoms with Gasteiger partial charge in [0, 0.05) is 11.7 Å². The molecule has 2 N–H and O–H groups in total. The summed E-state index contributed by atoms with van der Waals surface area (Å²) in [6, 6.07) is 6.15. The lowest BCUT2D eigenvalue weighted by atomic mass is 9.96. The zero-order valence-electron chi connectivity index (χ0n) is 10.0. The van der Waals surface area contributed by atoms with Crippen molar-refractivity contribution in [1.82, 2.24) is 4.98 Å². The molecule has 0 radical (unpaired) electrons. The molecule has 2 heteroatoms. The number of hydrogen-bond donors (Lipinski definition) is 1. The molecule has 0 saturated heterocycles. The first-order chi connectivity index (χ1) is 7.13. The third-order valence-corrected chi connectivity index (χ3v) is 2.73. The smallest absolute Gasteiger partial charge is 0.0574 e. The summed E-state index contributed by atoms with van der Waals surface area (Å²) in [5, 5.41) is 0. The zero-order chi connectivity index (χ0) is 11.3. The van der Waals surface area contributed by atoms with Gasteiger partial charge >= 0.3 is 0 Å². The number of hydrogen-bond acceptors (Lipinski definition) is 2. The van der Waals surface area contributed by atoms with E-state index >= 15 is 0 Å². The summed E-state index contributed by atoms with van der Waals surface area (Å²) in [4.78, 5) is 4.46. The van der Waals surface area contributed by atoms with Crippen molar-refractivity contribution in [2.24, 2.45) is 11.7 Å². The van der Waals surface area contributed by atoms with Gasteiger partial charge in [-0.2, -0.15) is 0 Å². The number of aromatic nitrogens is 1. The fraction of sp³-hybridized carbons (Fsp3) is 0.615. The molecule has 1 aromatic heterocycles. The summed E-state index contributed by atoms with van der Waals surface area (Å²) >= 11 is 0. The van der Waals surface area contributed by atoms with Crippen molar-refractivity contribution in [3.05, 3.63) is 29.6 Å². The molecular formula is C13H22N2. The molecule has 1 heterocycles. The topological polar surface area (TPSA) is 38.9 Å². The van der Waals surface area contributed by atoms with Crippen molar-refractivity contribution in [1.29, 1.82) is 0 Å². The van der Waals surface area contributed by atoms with Crippen LogP contribution in [0.3, 0.4) is 0 Å². The molecule has 0 aliphatic carbocycles. The Kier molecular flexibility index (Phi) is 4.76. The second-order valence-electron chi connectivity index (χ2n) is 4.44. The molecule has 2 nitrogen and oxygen atoms in total. The lowest BCUT2D eigenvalue weighted by Gasteiger charge is -2.16. The van der Waals surface area contributed by atoms with Gasteiger partial charge in [-0.3, -0.25) is 4.98 Å². The molecule has 1 aromatic rings. The van der Waals surface area contributed by atoms with Gasteiger partial charge in [0.2, 0.25) is 0 Å². The average molecular weight is 206 g/mol. The number of nitrogens with zero attached hydrogens (tertiary/aromatic N) is 1. The Bertz CT molecular complexity index is 296. The van der Waals surface area contributed by atoms with Gasteiger partial charge in [0.1, 0.15) is 0 Å². The molecule has 0 saturated carbocycles. The molecular weight excluding hydrogens is 184 g/mol. The van der Waals surface area contributed by atoms with Crippen LogP contribution in [-0.4, -0.2) is 4.98 Å². The molecule has 0 aromatic carbocycles. The molecule has 2 atom stereocenters. The van der Waals surface area contributed by atoms with Crippen molar-refractivity contribution in [3.8, 4) is 0 Å². The molecule has 84 valence electrons. The quantitative estimate of drug-likeness (QED) is 0.803. The van der Waals surface area contributed by atoms with E-state index < -0.39 is 0 Å². The first-order valence-electron chi connectivity index (χ1n) is 5.82. The van der Waals surface area contributed by atoms with Crippen LogP contribution in [0.4, 0.5) is 0 Å². The maximum absolute atomic E-state index is 6.13. The highest BCUT2D eigenvalue weighted by Gasteiger charge is 2.11. The van der Waals surface area contributed by atoms with Crippen molar-refractivity contribution in [3.63, 3.8) is 0 Å². The minimum absolute atomic E-state index is 0.0893. The largest absolute Gasteiger partial charge is 0.323 e. The number of aryl methyl sites for hydroxylation is 1. The molecule has 0 fully saturated rings. The summed E-state index contributed by atoms with van der Waals surface area (Å²) in [5.41, 5.74) is 8.21. The zero-order valence-corrected chi connectivity index (χ0v) is 10.0. The number of nitrogens with two attached hydrogens (primary N) is 1. The Labute approximate surface area is 92.9 Å². The maximum atomic E-state index is 6.13. The standard InChI is InChI=1S/C13H22N2/c1-4-6-10(2)9-12(14)13-8-5-7-11(3)15-13/h5,7-8,10,12H,4,6,9,14H2,1-3H3. The second-order valence-corrected chi connectivity index (χ2v) is 4.44. The summed E-state index contributed by atoms with van der Waals surface area (Å²) in [5.74, 6) is 0.687. The Balaban J connectivity index is 2.56. The van der Waals surface area contributed by atoms with Gasteiger partial charge in [-0.05, 0) is 31.4 Å². The first kappa shape index (κ1) is 12.2. The minimum atomic E-state index is 0.0893. The highest BCUT2D eigenvalue weighted by atomic mass is 14.8. The van der Waals surface area contributed by atoms with E-state index in [9.17, 15) is 0 Å². The Morgan fingerprint density at radius 3 is 2.73 bits per heavy atom. The molecule has 2 unspecified atom stereocenters. The molecule has 15 heavy (non-hydrogen) atoms. The van der Waals surface area contributed by atoms with Crippen LogP contribution in [0.15, 0.2) is 18.2 Å². The average Bonchev–Trinajstić information content (AvgIpc) is 2.18. The summed E-state index contributed by atoms with van der Waals surface area (Å²) in [7, 11) is 0. The van der Waals surface area contributed by atoms with Gasteiger partial charge in [0.05, 0.1) is 5.69 Å². The highest BCUT2D eigenvalue weighted by molar-refractivity contribution is 5.13. The monoisotopic (exact) mass is 206 g/mol. The van der Waals surface area contributed by atoms with Crippen LogP contribution in [0, 0.1) is 12.8 Å². The van der Waals surface area contributed by atoms with E-state index in [1.54, 1.807) is 0 Å². The van der Waals surface area contributed by atoms with Crippen molar-refractivity contribution >= 4 is 0 Å². The van der Waals surface area contributed by atoms with Gasteiger partial charge in [-0.25, -0.2) is 0 Å². The lowest BCUT2D eigenvalue weighted by molar-refractivity contribution is 0.435. The highest BCUT2D eigenvalue weighted by Crippen LogP contribution is 2.20. The van der Waals surface area contributed by atoms with E-state index in [1.165, 1.54) is 12.8 Å². The molecule has 0 bridgehead atoms. The third-order valence-electron chi connectivity index (χ3n) is 2.73. The van der Waals surface area contributed by atoms with Crippen molar-refractivity contribution in [2.45, 2.75) is 46.1 Å². The van der Waals surface area contributed by atoms with Gasteiger partial charge in [0.15, 0.2) is 0 Å². The van der Waals surface area contributed by atoms with E-state index in [1.807, 2.05) is 25.1 Å². The van der Waals surface area contributed by atoms with Gasteiger partial charge in [0.25, 0.3) is 0 Å². The Hall–Kier alpha value is -0.890. The maximum Gasteiger partial charge on any atom is 0.0574 e. The van der Waals surface area contributed by atoms with E-state index in [0.29, 0.717) is 5.92 Å². The van der Waals surface area contributed by atoms with Gasteiger partial charge in [-0.1, -0.05) is 32.8 Å². The van der Waals surface area contributed by atoms with Crippen molar-refractivity contribution in [2.75, 3.05) is 0 Å². The first-order valence-corrected chi connectivity index (χ1v) is 5.82. The minimum Gasteiger partial charge on any atom is -0.323 e. The number of pyridine rings is 1. The molecule has 0 amide bonds. The van der Waals surface area contributed by atoms with Crippen LogP contribution < -0.4 is 5.73 Å². The molecule has 0 aliphatic rings. The Morgan fingerprint density at radius 1 is 1.40 bits per heavy atom. The van der Waals surface area contributed by atoms with Crippen LogP contribution in [0.25, 0.3) is 0 Å². The fourth-order valence-corrected chi connectivity index (χ4v) is 1.94. The van der Waals surface area contributed by atoms with Crippen LogP contribution in [-0.2, 0) is 0 Å². The van der Waals surface area contributed by atoms with E-state index in [4.69, 9.17) is 5.73 Å².